The Balaban J connectivity index is 1.45. The van der Waals surface area contributed by atoms with E-state index in [-0.39, 0.29) is 24.3 Å². The van der Waals surface area contributed by atoms with Crippen molar-refractivity contribution in [3.8, 4) is 16.9 Å². The van der Waals surface area contributed by atoms with E-state index in [0.29, 0.717) is 5.65 Å². The van der Waals surface area contributed by atoms with Crippen LogP contribution in [-0.4, -0.2) is 15.0 Å². The van der Waals surface area contributed by atoms with Gasteiger partial charge in [0, 0.05) is 53.3 Å². The molecule has 0 radical (unpaired) electrons. The largest absolute Gasteiger partial charge is 0.486 e. The van der Waals surface area contributed by atoms with Crippen molar-refractivity contribution in [2.75, 3.05) is 0 Å². The maximum absolute atomic E-state index is 15.2. The van der Waals surface area contributed by atoms with Crippen molar-refractivity contribution in [1.82, 2.24) is 15.0 Å². The molecule has 5 rings (SSSR count). The first-order chi connectivity index (χ1) is 15.7. The van der Waals surface area contributed by atoms with E-state index < -0.39 is 11.6 Å². The molecule has 3 aromatic heterocycles. The summed E-state index contributed by atoms with van der Waals surface area (Å²) in [7, 11) is 0. The van der Waals surface area contributed by atoms with Crippen LogP contribution >= 0.6 is 0 Å². The third-order valence-corrected chi connectivity index (χ3v) is 5.37. The lowest BCUT2D eigenvalue weighted by atomic mass is 10.0. The highest BCUT2D eigenvalue weighted by atomic mass is 19.1. The highest BCUT2D eigenvalue weighted by molar-refractivity contribution is 5.84. The van der Waals surface area contributed by atoms with Crippen LogP contribution in [0.1, 0.15) is 16.7 Å². The predicted molar refractivity (Wildman–Crippen MR) is 119 cm³/mol. The highest BCUT2D eigenvalue weighted by Gasteiger charge is 2.18. The van der Waals surface area contributed by atoms with E-state index in [1.165, 1.54) is 12.1 Å². The molecule has 158 valence electrons. The van der Waals surface area contributed by atoms with E-state index in [4.69, 9.17) is 4.74 Å². The zero-order valence-electron chi connectivity index (χ0n) is 17.1. The Bertz CT molecular complexity index is 1370. The molecule has 3 heterocycles. The van der Waals surface area contributed by atoms with Crippen LogP contribution < -0.4 is 4.74 Å². The molecule has 5 aromatic rings. The zero-order chi connectivity index (χ0) is 21.9. The highest BCUT2D eigenvalue weighted by Crippen LogP contribution is 2.30. The summed E-state index contributed by atoms with van der Waals surface area (Å²) >= 11 is 0. The number of ether oxygens (including phenoxy) is 1. The molecule has 0 spiro atoms. The summed E-state index contributed by atoms with van der Waals surface area (Å²) in [5.41, 5.74) is 4.07. The van der Waals surface area contributed by atoms with Gasteiger partial charge in [-0.1, -0.05) is 36.4 Å². The zero-order valence-corrected chi connectivity index (χ0v) is 17.1. The predicted octanol–water partition coefficient (Wildman–Crippen LogP) is 6.07. The molecule has 4 nitrogen and oxygen atoms in total. The van der Waals surface area contributed by atoms with Crippen LogP contribution in [0.2, 0.25) is 0 Å². The van der Waals surface area contributed by atoms with E-state index in [9.17, 15) is 4.39 Å². The lowest BCUT2D eigenvalue weighted by molar-refractivity contribution is 0.288. The van der Waals surface area contributed by atoms with Gasteiger partial charge in [-0.3, -0.25) is 4.98 Å². The Hall–Kier alpha value is -4.06. The minimum atomic E-state index is -0.688. The number of H-pyrrole nitrogens is 1. The van der Waals surface area contributed by atoms with Gasteiger partial charge in [0.1, 0.15) is 18.1 Å². The number of aromatic nitrogens is 3. The molecule has 6 heteroatoms. The first-order valence-electron chi connectivity index (χ1n) is 10.2. The fraction of sp³-hybridized carbons (Fsp3) is 0.0769. The number of aromatic amines is 1. The topological polar surface area (TPSA) is 50.8 Å². The minimum Gasteiger partial charge on any atom is -0.486 e. The summed E-state index contributed by atoms with van der Waals surface area (Å²) in [6.07, 6.45) is 7.01. The fourth-order valence-corrected chi connectivity index (χ4v) is 3.67. The standard InChI is InChI=1S/C26H19F2N3O/c27-23-8-9-24(32-16-17-5-2-1-3-6-17)25(28)22(23)12-20-15-31-26-21(20)11-19(14-30-26)18-7-4-10-29-13-18/h1-11,13-15H,12,16H2,(H,30,31). The van der Waals surface area contributed by atoms with Crippen LogP contribution in [0.3, 0.4) is 0 Å². The summed E-state index contributed by atoms with van der Waals surface area (Å²) in [5.74, 6) is -1.27. The smallest absolute Gasteiger partial charge is 0.171 e. The van der Waals surface area contributed by atoms with Crippen molar-refractivity contribution in [1.29, 1.82) is 0 Å². The Kier molecular flexibility index (Phi) is 5.34. The molecule has 0 unspecified atom stereocenters. The summed E-state index contributed by atoms with van der Waals surface area (Å²) in [6, 6.07) is 17.8. The lowest BCUT2D eigenvalue weighted by Crippen LogP contribution is -2.03. The van der Waals surface area contributed by atoms with Crippen LogP contribution in [0.15, 0.2) is 85.5 Å². The number of hydrogen-bond acceptors (Lipinski definition) is 3. The molecule has 0 fully saturated rings. The molecule has 0 bridgehead atoms. The van der Waals surface area contributed by atoms with Crippen molar-refractivity contribution >= 4 is 11.0 Å². The third-order valence-electron chi connectivity index (χ3n) is 5.37. The summed E-state index contributed by atoms with van der Waals surface area (Å²) in [6.45, 7) is 0.203. The first-order valence-corrected chi connectivity index (χ1v) is 10.2. The second-order valence-corrected chi connectivity index (χ2v) is 7.46. The third kappa shape index (κ3) is 3.95. The number of hydrogen-bond donors (Lipinski definition) is 1. The molecule has 0 aliphatic heterocycles. The molecule has 32 heavy (non-hydrogen) atoms. The van der Waals surface area contributed by atoms with Crippen LogP contribution in [0, 0.1) is 11.6 Å². The Labute approximate surface area is 183 Å². The summed E-state index contributed by atoms with van der Waals surface area (Å²) in [4.78, 5) is 11.7. The molecule has 1 N–H and O–H groups in total. The van der Waals surface area contributed by atoms with Crippen molar-refractivity contribution < 1.29 is 13.5 Å². The first kappa shape index (κ1) is 19.9. The molecular formula is C26H19F2N3O. The van der Waals surface area contributed by atoms with Gasteiger partial charge in [-0.15, -0.1) is 0 Å². The second kappa shape index (κ2) is 8.59. The van der Waals surface area contributed by atoms with E-state index in [2.05, 4.69) is 15.0 Å². The van der Waals surface area contributed by atoms with Gasteiger partial charge in [-0.25, -0.2) is 13.8 Å². The molecule has 0 saturated heterocycles. The van der Waals surface area contributed by atoms with Crippen LogP contribution in [0.4, 0.5) is 8.78 Å². The van der Waals surface area contributed by atoms with Crippen LogP contribution in [0.5, 0.6) is 5.75 Å². The fourth-order valence-electron chi connectivity index (χ4n) is 3.67. The van der Waals surface area contributed by atoms with E-state index >= 15 is 4.39 Å². The quantitative estimate of drug-likeness (QED) is 0.358. The van der Waals surface area contributed by atoms with Gasteiger partial charge in [0.2, 0.25) is 0 Å². The molecule has 0 atom stereocenters. The number of rotatable bonds is 6. The summed E-state index contributed by atoms with van der Waals surface area (Å²) < 4.78 is 35.4. The van der Waals surface area contributed by atoms with Gasteiger partial charge in [-0.05, 0) is 35.4 Å². The van der Waals surface area contributed by atoms with Crippen molar-refractivity contribution in [2.45, 2.75) is 13.0 Å². The van der Waals surface area contributed by atoms with Crippen molar-refractivity contribution in [3.63, 3.8) is 0 Å². The van der Waals surface area contributed by atoms with Gasteiger partial charge < -0.3 is 9.72 Å². The molecule has 0 aliphatic rings. The number of halogens is 2. The van der Waals surface area contributed by atoms with Crippen molar-refractivity contribution in [2.24, 2.45) is 0 Å². The Morgan fingerprint density at radius 3 is 2.59 bits per heavy atom. The SMILES string of the molecule is Fc1ccc(OCc2ccccc2)c(F)c1Cc1c[nH]c2ncc(-c3cccnc3)cc12. The number of pyridine rings is 2. The number of fused-ring (bicyclic) bond motifs is 1. The minimum absolute atomic E-state index is 0.0271. The van der Waals surface area contributed by atoms with Crippen LogP contribution in [-0.2, 0) is 13.0 Å². The molecule has 0 aliphatic carbocycles. The summed E-state index contributed by atoms with van der Waals surface area (Å²) in [5, 5.41) is 0.806. The molecular weight excluding hydrogens is 408 g/mol. The number of benzene rings is 2. The van der Waals surface area contributed by atoms with E-state index in [1.54, 1.807) is 24.8 Å². The van der Waals surface area contributed by atoms with Gasteiger partial charge >= 0.3 is 0 Å². The molecule has 0 saturated carbocycles. The normalized spacial score (nSPS) is 11.1. The average molecular weight is 427 g/mol. The molecule has 2 aromatic carbocycles. The van der Waals surface area contributed by atoms with Gasteiger partial charge in [0.25, 0.3) is 0 Å². The number of nitrogens with one attached hydrogen (secondary N) is 1. The van der Waals surface area contributed by atoms with E-state index in [0.717, 1.165) is 27.6 Å². The van der Waals surface area contributed by atoms with Gasteiger partial charge in [0.05, 0.1) is 0 Å². The molecule has 0 amide bonds. The Morgan fingerprint density at radius 1 is 0.906 bits per heavy atom. The monoisotopic (exact) mass is 427 g/mol. The van der Waals surface area contributed by atoms with Crippen molar-refractivity contribution in [3.05, 3.63) is 114 Å². The average Bonchev–Trinajstić information content (AvgIpc) is 3.24. The van der Waals surface area contributed by atoms with Gasteiger partial charge in [-0.2, -0.15) is 0 Å². The maximum Gasteiger partial charge on any atom is 0.171 e. The second-order valence-electron chi connectivity index (χ2n) is 7.46. The van der Waals surface area contributed by atoms with E-state index in [1.807, 2.05) is 48.5 Å². The maximum atomic E-state index is 15.2. The number of nitrogens with zero attached hydrogens (tertiary/aromatic N) is 2. The lowest BCUT2D eigenvalue weighted by Gasteiger charge is -2.11. The van der Waals surface area contributed by atoms with Gasteiger partial charge in [0.15, 0.2) is 11.6 Å². The Morgan fingerprint density at radius 2 is 1.78 bits per heavy atom. The van der Waals surface area contributed by atoms with Crippen LogP contribution in [0.25, 0.3) is 22.2 Å².